The van der Waals surface area contributed by atoms with Gasteiger partial charge in [0.1, 0.15) is 0 Å². The Balaban J connectivity index is 2.89. The van der Waals surface area contributed by atoms with E-state index in [0.29, 0.717) is 11.3 Å². The molecule has 12 heteroatoms. The number of rotatable bonds is 5. The lowest BCUT2D eigenvalue weighted by atomic mass is 10.3. The Morgan fingerprint density at radius 2 is 2.16 bits per heavy atom. The zero-order valence-corrected chi connectivity index (χ0v) is 11.6. The highest BCUT2D eigenvalue weighted by atomic mass is 32.2. The van der Waals surface area contributed by atoms with Crippen molar-refractivity contribution in [3.8, 4) is 0 Å². The molecule has 0 radical (unpaired) electrons. The summed E-state index contributed by atoms with van der Waals surface area (Å²) in [7, 11) is -3.96. The van der Waals surface area contributed by atoms with E-state index in [2.05, 4.69) is 25.4 Å². The minimum Gasteiger partial charge on any atom is -0.409 e. The molecule has 106 valence electrons. The summed E-state index contributed by atoms with van der Waals surface area (Å²) in [6, 6.07) is -0.914. The molecule has 5 N–H and O–H groups in total. The van der Waals surface area contributed by atoms with Crippen molar-refractivity contribution in [1.82, 2.24) is 14.9 Å². The highest BCUT2D eigenvalue weighted by Crippen LogP contribution is 2.19. The minimum atomic E-state index is -3.96. The summed E-state index contributed by atoms with van der Waals surface area (Å²) in [5, 5.41) is 20.4. The van der Waals surface area contributed by atoms with Crippen LogP contribution in [0.25, 0.3) is 0 Å². The van der Waals surface area contributed by atoms with Gasteiger partial charge in [0.25, 0.3) is 10.0 Å². The largest absolute Gasteiger partial charge is 0.409 e. The van der Waals surface area contributed by atoms with Crippen LogP contribution in [0.2, 0.25) is 0 Å². The minimum absolute atomic E-state index is 0.0596. The predicted octanol–water partition coefficient (Wildman–Crippen LogP) is -1.09. The fraction of sp³-hybridized carbons (Fsp3) is 0.429. The van der Waals surface area contributed by atoms with E-state index in [1.54, 1.807) is 0 Å². The number of carbonyl (C=O) groups is 1. The molecule has 1 heterocycles. The summed E-state index contributed by atoms with van der Waals surface area (Å²) in [4.78, 5) is 10.8. The molecule has 1 aromatic heterocycles. The van der Waals surface area contributed by atoms with Crippen molar-refractivity contribution in [2.24, 2.45) is 10.9 Å². The van der Waals surface area contributed by atoms with Crippen molar-refractivity contribution in [2.75, 3.05) is 5.32 Å². The van der Waals surface area contributed by atoms with Gasteiger partial charge in [-0.1, -0.05) is 16.5 Å². The van der Waals surface area contributed by atoms with Crippen molar-refractivity contribution in [1.29, 1.82) is 0 Å². The van der Waals surface area contributed by atoms with Gasteiger partial charge in [-0.2, -0.15) is 4.72 Å². The Labute approximate surface area is 112 Å². The molecule has 1 rings (SSSR count). The molecule has 0 fully saturated rings. The van der Waals surface area contributed by atoms with Gasteiger partial charge in [0, 0.05) is 6.92 Å². The van der Waals surface area contributed by atoms with E-state index in [4.69, 9.17) is 10.9 Å². The quantitative estimate of drug-likeness (QED) is 0.177. The smallest absolute Gasteiger partial charge is 0.270 e. The van der Waals surface area contributed by atoms with Gasteiger partial charge in [-0.3, -0.25) is 4.79 Å². The topological polar surface area (TPSA) is 160 Å². The molecular formula is C7H12N6O4S2. The highest BCUT2D eigenvalue weighted by molar-refractivity contribution is 7.91. The number of aromatic nitrogens is 2. The summed E-state index contributed by atoms with van der Waals surface area (Å²) >= 11 is 0.682. The second kappa shape index (κ2) is 5.90. The number of amidine groups is 1. The van der Waals surface area contributed by atoms with Crippen LogP contribution in [0.5, 0.6) is 0 Å². The second-order valence-corrected chi connectivity index (χ2v) is 6.29. The Morgan fingerprint density at radius 3 is 2.68 bits per heavy atom. The Bertz CT molecular complexity index is 594. The van der Waals surface area contributed by atoms with Crippen LogP contribution in [0, 0.1) is 0 Å². The van der Waals surface area contributed by atoms with Crippen LogP contribution in [0.4, 0.5) is 5.13 Å². The van der Waals surface area contributed by atoms with Crippen LogP contribution < -0.4 is 15.8 Å². The maximum absolute atomic E-state index is 11.9. The summed E-state index contributed by atoms with van der Waals surface area (Å²) in [5.41, 5.74) is 5.26. The zero-order chi connectivity index (χ0) is 14.6. The van der Waals surface area contributed by atoms with Crippen LogP contribution >= 0.6 is 11.3 Å². The van der Waals surface area contributed by atoms with E-state index in [-0.39, 0.29) is 15.3 Å². The number of oxime groups is 1. The molecular weight excluding hydrogens is 296 g/mol. The van der Waals surface area contributed by atoms with Gasteiger partial charge in [0.15, 0.2) is 5.84 Å². The Hall–Kier alpha value is -1.79. The molecule has 1 amide bonds. The fourth-order valence-electron chi connectivity index (χ4n) is 0.950. The van der Waals surface area contributed by atoms with E-state index in [0.717, 1.165) is 0 Å². The van der Waals surface area contributed by atoms with Crippen molar-refractivity contribution < 1.29 is 18.4 Å². The molecule has 1 atom stereocenters. The Kier molecular flexibility index (Phi) is 4.74. The molecule has 19 heavy (non-hydrogen) atoms. The average molecular weight is 308 g/mol. The highest BCUT2D eigenvalue weighted by Gasteiger charge is 2.24. The molecule has 0 aliphatic carbocycles. The van der Waals surface area contributed by atoms with Gasteiger partial charge < -0.3 is 16.3 Å². The molecule has 0 aliphatic rings. The number of carbonyl (C=O) groups excluding carboxylic acids is 1. The molecule has 1 aromatic rings. The van der Waals surface area contributed by atoms with Crippen LogP contribution in [0.3, 0.4) is 0 Å². The molecule has 0 bridgehead atoms. The monoisotopic (exact) mass is 308 g/mol. The molecule has 1 unspecified atom stereocenters. The third kappa shape index (κ3) is 4.11. The molecule has 0 saturated heterocycles. The van der Waals surface area contributed by atoms with Crippen molar-refractivity contribution in [3.63, 3.8) is 0 Å². The number of nitrogens with zero attached hydrogens (tertiary/aromatic N) is 3. The second-order valence-electron chi connectivity index (χ2n) is 3.42. The third-order valence-electron chi connectivity index (χ3n) is 1.81. The molecule has 0 aromatic carbocycles. The van der Waals surface area contributed by atoms with Crippen molar-refractivity contribution >= 4 is 38.2 Å². The maximum atomic E-state index is 11.9. The number of nitrogens with two attached hydrogens (primary N) is 1. The van der Waals surface area contributed by atoms with Crippen LogP contribution in [0.15, 0.2) is 9.50 Å². The summed E-state index contributed by atoms with van der Waals surface area (Å²) in [5.74, 6) is -0.687. The molecule has 10 nitrogen and oxygen atoms in total. The van der Waals surface area contributed by atoms with Gasteiger partial charge in [0.2, 0.25) is 15.4 Å². The van der Waals surface area contributed by atoms with E-state index < -0.39 is 22.0 Å². The van der Waals surface area contributed by atoms with Gasteiger partial charge in [-0.25, -0.2) is 8.42 Å². The van der Waals surface area contributed by atoms with Gasteiger partial charge >= 0.3 is 0 Å². The summed E-state index contributed by atoms with van der Waals surface area (Å²) < 4.78 is 25.5. The first-order valence-electron chi connectivity index (χ1n) is 4.87. The van der Waals surface area contributed by atoms with Crippen LogP contribution in [0.1, 0.15) is 13.8 Å². The molecule has 0 spiro atoms. The SMILES string of the molecule is CC(=O)Nc1nnc(S(=O)(=O)NC(C)C(N)=NO)s1. The summed E-state index contributed by atoms with van der Waals surface area (Å²) in [6.07, 6.45) is 0. The molecule has 0 aliphatic heterocycles. The first-order chi connectivity index (χ1) is 8.76. The maximum Gasteiger partial charge on any atom is 0.270 e. The lowest BCUT2D eigenvalue weighted by Crippen LogP contribution is -2.42. The lowest BCUT2D eigenvalue weighted by Gasteiger charge is -2.10. The molecule has 0 saturated carbocycles. The third-order valence-corrected chi connectivity index (χ3v) is 4.56. The number of hydrogen-bond donors (Lipinski definition) is 4. The number of anilines is 1. The first kappa shape index (κ1) is 15.3. The number of amides is 1. The van der Waals surface area contributed by atoms with Gasteiger partial charge in [-0.15, -0.1) is 10.2 Å². The van der Waals surface area contributed by atoms with Crippen LogP contribution in [-0.2, 0) is 14.8 Å². The fourth-order valence-corrected chi connectivity index (χ4v) is 3.13. The van der Waals surface area contributed by atoms with Gasteiger partial charge in [-0.05, 0) is 6.92 Å². The van der Waals surface area contributed by atoms with Crippen molar-refractivity contribution in [2.45, 2.75) is 24.2 Å². The number of sulfonamides is 1. The number of hydrogen-bond acceptors (Lipinski definition) is 8. The average Bonchev–Trinajstić information content (AvgIpc) is 2.75. The predicted molar refractivity (Wildman–Crippen MR) is 67.4 cm³/mol. The van der Waals surface area contributed by atoms with E-state index >= 15 is 0 Å². The Morgan fingerprint density at radius 1 is 1.53 bits per heavy atom. The van der Waals surface area contributed by atoms with E-state index in [1.165, 1.54) is 13.8 Å². The summed E-state index contributed by atoms with van der Waals surface area (Å²) in [6.45, 7) is 2.65. The van der Waals surface area contributed by atoms with E-state index in [1.807, 2.05) is 0 Å². The normalized spacial score (nSPS) is 14.1. The first-order valence-corrected chi connectivity index (χ1v) is 7.17. The van der Waals surface area contributed by atoms with Crippen molar-refractivity contribution in [3.05, 3.63) is 0 Å². The zero-order valence-electron chi connectivity index (χ0n) is 9.98. The number of nitrogens with one attached hydrogen (secondary N) is 2. The standard InChI is InChI=1S/C7H12N6O4S2/c1-3(5(8)12-15)13-19(16,17)7-11-10-6(18-7)9-4(2)14/h3,13,15H,1-2H3,(H2,8,12)(H,9,10,14). The lowest BCUT2D eigenvalue weighted by molar-refractivity contribution is -0.114. The van der Waals surface area contributed by atoms with Gasteiger partial charge in [0.05, 0.1) is 6.04 Å². The van der Waals surface area contributed by atoms with Crippen LogP contribution in [-0.4, -0.2) is 41.6 Å². The van der Waals surface area contributed by atoms with E-state index in [9.17, 15) is 13.2 Å².